The standard InChI is InChI=1S/C28H35NO5/c1-3-5-14-31-16-17-33-25-10-8-21(9-11-25)23-19-24-18-22(28(30)32-4-2)7-6-12-29-13-15-34-26(20-23)27(24)29/h8-11,18-20H,3-7,12-17H2,1-2H3. The lowest BCUT2D eigenvalue weighted by atomic mass is 9.95. The Morgan fingerprint density at radius 3 is 2.68 bits per heavy atom. The Morgan fingerprint density at radius 2 is 1.88 bits per heavy atom. The average molecular weight is 466 g/mol. The van der Waals surface area contributed by atoms with Crippen LogP contribution in [0.15, 0.2) is 42.0 Å². The van der Waals surface area contributed by atoms with E-state index < -0.39 is 0 Å². The van der Waals surface area contributed by atoms with Crippen molar-refractivity contribution in [1.82, 2.24) is 0 Å². The largest absolute Gasteiger partial charge is 0.491 e. The third-order valence-corrected chi connectivity index (χ3v) is 6.11. The van der Waals surface area contributed by atoms with Gasteiger partial charge < -0.3 is 23.8 Å². The highest BCUT2D eigenvalue weighted by Crippen LogP contribution is 2.42. The molecule has 0 bridgehead atoms. The summed E-state index contributed by atoms with van der Waals surface area (Å²) < 4.78 is 22.7. The monoisotopic (exact) mass is 465 g/mol. The van der Waals surface area contributed by atoms with Crippen molar-refractivity contribution in [3.8, 4) is 22.6 Å². The van der Waals surface area contributed by atoms with E-state index >= 15 is 0 Å². The lowest BCUT2D eigenvalue weighted by molar-refractivity contribution is -0.138. The second-order valence-corrected chi connectivity index (χ2v) is 8.58. The maximum Gasteiger partial charge on any atom is 0.334 e. The summed E-state index contributed by atoms with van der Waals surface area (Å²) in [5, 5.41) is 0. The molecule has 2 heterocycles. The Morgan fingerprint density at radius 1 is 1.03 bits per heavy atom. The summed E-state index contributed by atoms with van der Waals surface area (Å²) >= 11 is 0. The predicted octanol–water partition coefficient (Wildman–Crippen LogP) is 5.49. The van der Waals surface area contributed by atoms with Crippen LogP contribution in [-0.2, 0) is 14.3 Å². The second-order valence-electron chi connectivity index (χ2n) is 8.58. The number of carbonyl (C=O) groups excluding carboxylic acids is 1. The molecule has 2 aromatic carbocycles. The molecule has 0 N–H and O–H groups in total. The fourth-order valence-electron chi connectivity index (χ4n) is 4.37. The van der Waals surface area contributed by atoms with Crippen molar-refractivity contribution in [2.75, 3.05) is 51.0 Å². The molecule has 4 rings (SSSR count). The van der Waals surface area contributed by atoms with E-state index in [1.807, 2.05) is 25.1 Å². The maximum atomic E-state index is 12.5. The van der Waals surface area contributed by atoms with Gasteiger partial charge in [0.15, 0.2) is 0 Å². The number of hydrogen-bond acceptors (Lipinski definition) is 6. The molecule has 34 heavy (non-hydrogen) atoms. The molecular formula is C28H35NO5. The summed E-state index contributed by atoms with van der Waals surface area (Å²) in [6.07, 6.45) is 5.82. The van der Waals surface area contributed by atoms with Gasteiger partial charge in [-0.25, -0.2) is 4.79 Å². The first kappa shape index (κ1) is 24.1. The number of nitrogens with zero attached hydrogens (tertiary/aromatic N) is 1. The Hall–Kier alpha value is -2.99. The van der Waals surface area contributed by atoms with Crippen molar-refractivity contribution in [3.05, 3.63) is 47.5 Å². The zero-order valence-electron chi connectivity index (χ0n) is 20.3. The number of rotatable bonds is 10. The van der Waals surface area contributed by atoms with Gasteiger partial charge in [0.2, 0.25) is 0 Å². The molecule has 0 amide bonds. The summed E-state index contributed by atoms with van der Waals surface area (Å²) in [7, 11) is 0. The summed E-state index contributed by atoms with van der Waals surface area (Å²) in [4.78, 5) is 14.9. The highest BCUT2D eigenvalue weighted by Gasteiger charge is 2.25. The van der Waals surface area contributed by atoms with Crippen molar-refractivity contribution in [2.45, 2.75) is 39.5 Å². The van der Waals surface area contributed by atoms with Crippen LogP contribution < -0.4 is 14.4 Å². The number of carbonyl (C=O) groups is 1. The molecule has 2 aliphatic rings. The molecule has 0 unspecified atom stereocenters. The minimum Gasteiger partial charge on any atom is -0.491 e. The van der Waals surface area contributed by atoms with Gasteiger partial charge in [-0.2, -0.15) is 0 Å². The summed E-state index contributed by atoms with van der Waals surface area (Å²) in [5.74, 6) is 1.46. The van der Waals surface area contributed by atoms with Crippen LogP contribution in [0.4, 0.5) is 5.69 Å². The van der Waals surface area contributed by atoms with Gasteiger partial charge in [0.1, 0.15) is 24.7 Å². The fourth-order valence-corrected chi connectivity index (χ4v) is 4.37. The molecule has 0 saturated heterocycles. The van der Waals surface area contributed by atoms with E-state index in [0.717, 1.165) is 78.4 Å². The van der Waals surface area contributed by atoms with Crippen LogP contribution in [0.1, 0.15) is 45.1 Å². The van der Waals surface area contributed by atoms with Crippen molar-refractivity contribution >= 4 is 17.7 Å². The first-order valence-corrected chi connectivity index (χ1v) is 12.4. The van der Waals surface area contributed by atoms with Gasteiger partial charge in [-0.05, 0) is 67.7 Å². The molecule has 0 aliphatic carbocycles. The van der Waals surface area contributed by atoms with E-state index in [-0.39, 0.29) is 5.97 Å². The quantitative estimate of drug-likeness (QED) is 0.342. The highest BCUT2D eigenvalue weighted by atomic mass is 16.5. The van der Waals surface area contributed by atoms with Gasteiger partial charge in [-0.3, -0.25) is 0 Å². The molecule has 2 aromatic rings. The van der Waals surface area contributed by atoms with Gasteiger partial charge >= 0.3 is 5.97 Å². The number of ether oxygens (including phenoxy) is 4. The zero-order chi connectivity index (χ0) is 23.8. The lowest BCUT2D eigenvalue weighted by Crippen LogP contribution is -2.34. The molecule has 0 aromatic heterocycles. The average Bonchev–Trinajstić information content (AvgIpc) is 2.84. The molecular weight excluding hydrogens is 430 g/mol. The van der Waals surface area contributed by atoms with Crippen molar-refractivity contribution in [1.29, 1.82) is 0 Å². The third-order valence-electron chi connectivity index (χ3n) is 6.11. The number of hydrogen-bond donors (Lipinski definition) is 0. The summed E-state index contributed by atoms with van der Waals surface area (Å²) in [5.41, 5.74) is 4.90. The Labute approximate surface area is 202 Å². The topological polar surface area (TPSA) is 57.2 Å². The Bertz CT molecular complexity index is 999. The van der Waals surface area contributed by atoms with Gasteiger partial charge in [0.05, 0.1) is 25.4 Å². The number of unbranched alkanes of at least 4 members (excludes halogenated alkanes) is 1. The number of anilines is 1. The normalized spacial score (nSPS) is 14.9. The first-order valence-electron chi connectivity index (χ1n) is 12.4. The van der Waals surface area contributed by atoms with E-state index in [1.54, 1.807) is 0 Å². The number of benzene rings is 2. The summed E-state index contributed by atoms with van der Waals surface area (Å²) in [6.45, 7) is 8.71. The minimum atomic E-state index is -0.230. The van der Waals surface area contributed by atoms with Crippen LogP contribution in [0, 0.1) is 0 Å². The van der Waals surface area contributed by atoms with E-state index in [9.17, 15) is 4.79 Å². The Kier molecular flexibility index (Phi) is 8.47. The van der Waals surface area contributed by atoms with Crippen LogP contribution in [0.3, 0.4) is 0 Å². The van der Waals surface area contributed by atoms with Crippen molar-refractivity contribution < 1.29 is 23.7 Å². The second kappa shape index (κ2) is 11.9. The van der Waals surface area contributed by atoms with Crippen LogP contribution in [-0.4, -0.2) is 52.1 Å². The first-order chi connectivity index (χ1) is 16.7. The molecule has 0 fully saturated rings. The molecule has 2 aliphatic heterocycles. The molecule has 182 valence electrons. The summed E-state index contributed by atoms with van der Waals surface area (Å²) in [6, 6.07) is 12.3. The maximum absolute atomic E-state index is 12.5. The van der Waals surface area contributed by atoms with E-state index in [2.05, 4.69) is 36.1 Å². The highest BCUT2D eigenvalue weighted by molar-refractivity contribution is 5.96. The Balaban J connectivity index is 1.56. The van der Waals surface area contributed by atoms with Crippen molar-refractivity contribution in [3.63, 3.8) is 0 Å². The van der Waals surface area contributed by atoms with Crippen molar-refractivity contribution in [2.24, 2.45) is 0 Å². The number of esters is 1. The van der Waals surface area contributed by atoms with Crippen LogP contribution in [0.5, 0.6) is 11.5 Å². The SMILES string of the molecule is CCCCOCCOc1ccc(-c2cc3c4c(c2)OCCN4CCCC(C(=O)OCC)=C3)cc1. The third kappa shape index (κ3) is 5.92. The van der Waals surface area contributed by atoms with E-state index in [1.165, 1.54) is 0 Å². The smallest absolute Gasteiger partial charge is 0.334 e. The van der Waals surface area contributed by atoms with E-state index in [4.69, 9.17) is 18.9 Å². The van der Waals surface area contributed by atoms with Crippen LogP contribution >= 0.6 is 0 Å². The molecule has 0 atom stereocenters. The molecule has 0 saturated carbocycles. The molecule has 6 nitrogen and oxygen atoms in total. The molecule has 0 spiro atoms. The van der Waals surface area contributed by atoms with Crippen LogP contribution in [0.2, 0.25) is 0 Å². The predicted molar refractivity (Wildman–Crippen MR) is 135 cm³/mol. The lowest BCUT2D eigenvalue weighted by Gasteiger charge is -2.34. The van der Waals surface area contributed by atoms with Crippen LogP contribution in [0.25, 0.3) is 17.2 Å². The fraction of sp³-hybridized carbons (Fsp3) is 0.464. The van der Waals surface area contributed by atoms with Gasteiger partial charge in [-0.1, -0.05) is 25.5 Å². The molecule has 0 radical (unpaired) electrons. The molecule has 6 heteroatoms. The minimum absolute atomic E-state index is 0.230. The van der Waals surface area contributed by atoms with Gasteiger partial charge in [0, 0.05) is 24.3 Å². The zero-order valence-corrected chi connectivity index (χ0v) is 20.3. The van der Waals surface area contributed by atoms with Gasteiger partial charge in [-0.15, -0.1) is 0 Å². The van der Waals surface area contributed by atoms with E-state index in [0.29, 0.717) is 32.8 Å². The van der Waals surface area contributed by atoms with Gasteiger partial charge in [0.25, 0.3) is 0 Å².